The standard InChI is InChI=1S/C18H19NO2/c1-2-13-12-20-18(21-13)11-19-16-9-5-3-7-14(16)15-8-4-6-10-17(15)19/h3-10,13,18H,2,11-12H2,1H3/t13-,18+/m0/s1. The van der Waals surface area contributed by atoms with Crippen molar-refractivity contribution in [2.24, 2.45) is 0 Å². The number of hydrogen-bond acceptors (Lipinski definition) is 2. The molecule has 21 heavy (non-hydrogen) atoms. The number of para-hydroxylation sites is 2. The van der Waals surface area contributed by atoms with Crippen molar-refractivity contribution in [3.8, 4) is 0 Å². The summed E-state index contributed by atoms with van der Waals surface area (Å²) in [4.78, 5) is 0. The minimum absolute atomic E-state index is 0.144. The average Bonchev–Trinajstić information content (AvgIpc) is 3.12. The summed E-state index contributed by atoms with van der Waals surface area (Å²) >= 11 is 0. The van der Waals surface area contributed by atoms with Gasteiger partial charge in [0.25, 0.3) is 0 Å². The van der Waals surface area contributed by atoms with E-state index in [-0.39, 0.29) is 12.4 Å². The molecule has 2 aromatic carbocycles. The highest BCUT2D eigenvalue weighted by Gasteiger charge is 2.25. The van der Waals surface area contributed by atoms with E-state index in [1.807, 2.05) is 0 Å². The van der Waals surface area contributed by atoms with Crippen molar-refractivity contribution in [1.29, 1.82) is 0 Å². The lowest BCUT2D eigenvalue weighted by molar-refractivity contribution is -0.0663. The lowest BCUT2D eigenvalue weighted by Crippen LogP contribution is -2.18. The highest BCUT2D eigenvalue weighted by molar-refractivity contribution is 6.07. The third kappa shape index (κ3) is 2.13. The van der Waals surface area contributed by atoms with Crippen LogP contribution in [0.1, 0.15) is 13.3 Å². The van der Waals surface area contributed by atoms with Crippen LogP contribution in [0.4, 0.5) is 0 Å². The fourth-order valence-electron chi connectivity index (χ4n) is 3.17. The Morgan fingerprint density at radius 3 is 2.19 bits per heavy atom. The number of nitrogens with zero attached hydrogens (tertiary/aromatic N) is 1. The van der Waals surface area contributed by atoms with Crippen LogP contribution in [0, 0.1) is 0 Å². The minimum Gasteiger partial charge on any atom is -0.348 e. The summed E-state index contributed by atoms with van der Waals surface area (Å²) in [6.45, 7) is 3.58. The van der Waals surface area contributed by atoms with Crippen LogP contribution in [0.25, 0.3) is 21.8 Å². The zero-order valence-electron chi connectivity index (χ0n) is 12.2. The van der Waals surface area contributed by atoms with Crippen LogP contribution in [-0.4, -0.2) is 23.6 Å². The van der Waals surface area contributed by atoms with Gasteiger partial charge in [-0.1, -0.05) is 43.3 Å². The molecule has 2 atom stereocenters. The summed E-state index contributed by atoms with van der Waals surface area (Å²) < 4.78 is 14.0. The average molecular weight is 281 g/mol. The van der Waals surface area contributed by atoms with Gasteiger partial charge in [0, 0.05) is 21.8 Å². The Morgan fingerprint density at radius 1 is 1.00 bits per heavy atom. The van der Waals surface area contributed by atoms with E-state index >= 15 is 0 Å². The second-order valence-electron chi connectivity index (χ2n) is 5.57. The number of aromatic nitrogens is 1. The summed E-state index contributed by atoms with van der Waals surface area (Å²) in [5.41, 5.74) is 2.48. The first-order valence-electron chi connectivity index (χ1n) is 7.60. The first-order chi connectivity index (χ1) is 10.4. The Balaban J connectivity index is 1.79. The molecule has 0 saturated carbocycles. The van der Waals surface area contributed by atoms with Gasteiger partial charge in [-0.2, -0.15) is 0 Å². The number of rotatable bonds is 3. The van der Waals surface area contributed by atoms with Gasteiger partial charge in [-0.25, -0.2) is 0 Å². The molecule has 4 rings (SSSR count). The Kier molecular flexibility index (Phi) is 3.17. The molecular weight excluding hydrogens is 262 g/mol. The minimum atomic E-state index is -0.144. The predicted molar refractivity (Wildman–Crippen MR) is 84.3 cm³/mol. The van der Waals surface area contributed by atoms with Crippen LogP contribution < -0.4 is 0 Å². The SMILES string of the molecule is CC[C@H]1CO[C@@H](Cn2c3ccccc3c3ccccc32)O1. The van der Waals surface area contributed by atoms with Gasteiger partial charge < -0.3 is 14.0 Å². The fraction of sp³-hybridized carbons (Fsp3) is 0.333. The van der Waals surface area contributed by atoms with E-state index in [1.54, 1.807) is 0 Å². The van der Waals surface area contributed by atoms with Crippen LogP contribution in [-0.2, 0) is 16.0 Å². The van der Waals surface area contributed by atoms with E-state index in [2.05, 4.69) is 60.0 Å². The quantitative estimate of drug-likeness (QED) is 0.725. The summed E-state index contributed by atoms with van der Waals surface area (Å²) in [7, 11) is 0. The number of fused-ring (bicyclic) bond motifs is 3. The zero-order valence-corrected chi connectivity index (χ0v) is 12.2. The Labute approximate surface area is 124 Å². The third-order valence-electron chi connectivity index (χ3n) is 4.28. The van der Waals surface area contributed by atoms with Crippen LogP contribution in [0.5, 0.6) is 0 Å². The van der Waals surface area contributed by atoms with Gasteiger partial charge in [0.1, 0.15) is 0 Å². The highest BCUT2D eigenvalue weighted by Crippen LogP contribution is 2.30. The highest BCUT2D eigenvalue weighted by atomic mass is 16.7. The topological polar surface area (TPSA) is 23.4 Å². The summed E-state index contributed by atoms with van der Waals surface area (Å²) in [6.07, 6.45) is 1.10. The van der Waals surface area contributed by atoms with Crippen LogP contribution >= 0.6 is 0 Å². The molecule has 1 aliphatic heterocycles. The molecule has 3 aromatic rings. The Morgan fingerprint density at radius 2 is 1.62 bits per heavy atom. The van der Waals surface area contributed by atoms with Crippen molar-refractivity contribution >= 4 is 21.8 Å². The molecule has 0 aliphatic carbocycles. The van der Waals surface area contributed by atoms with Gasteiger partial charge in [0.15, 0.2) is 6.29 Å². The van der Waals surface area contributed by atoms with Crippen molar-refractivity contribution in [2.45, 2.75) is 32.3 Å². The van der Waals surface area contributed by atoms with Crippen molar-refractivity contribution in [3.05, 3.63) is 48.5 Å². The summed E-state index contributed by atoms with van der Waals surface area (Å²) in [6, 6.07) is 17.1. The van der Waals surface area contributed by atoms with E-state index in [0.717, 1.165) is 13.0 Å². The second-order valence-corrected chi connectivity index (χ2v) is 5.57. The fourth-order valence-corrected chi connectivity index (χ4v) is 3.17. The van der Waals surface area contributed by atoms with Gasteiger partial charge >= 0.3 is 0 Å². The zero-order chi connectivity index (χ0) is 14.2. The molecule has 0 N–H and O–H groups in total. The molecule has 0 spiro atoms. The van der Waals surface area contributed by atoms with E-state index < -0.39 is 0 Å². The monoisotopic (exact) mass is 281 g/mol. The van der Waals surface area contributed by atoms with Crippen LogP contribution in [0.2, 0.25) is 0 Å². The lowest BCUT2D eigenvalue weighted by atomic mass is 10.2. The molecule has 3 nitrogen and oxygen atoms in total. The molecule has 1 fully saturated rings. The second kappa shape index (κ2) is 5.17. The largest absolute Gasteiger partial charge is 0.348 e. The molecule has 0 radical (unpaired) electrons. The molecule has 2 heterocycles. The van der Waals surface area contributed by atoms with Crippen LogP contribution in [0.3, 0.4) is 0 Å². The maximum Gasteiger partial charge on any atom is 0.175 e. The van der Waals surface area contributed by atoms with Gasteiger partial charge in [-0.3, -0.25) is 0 Å². The molecule has 0 unspecified atom stereocenters. The maximum atomic E-state index is 5.94. The van der Waals surface area contributed by atoms with Crippen molar-refractivity contribution < 1.29 is 9.47 Å². The maximum absolute atomic E-state index is 5.94. The smallest absolute Gasteiger partial charge is 0.175 e. The molecular formula is C18H19NO2. The predicted octanol–water partition coefficient (Wildman–Crippen LogP) is 3.95. The third-order valence-corrected chi connectivity index (χ3v) is 4.28. The number of hydrogen-bond donors (Lipinski definition) is 0. The summed E-state index contributed by atoms with van der Waals surface area (Å²) in [5.74, 6) is 0. The van der Waals surface area contributed by atoms with E-state index in [4.69, 9.17) is 9.47 Å². The van der Waals surface area contributed by atoms with Crippen molar-refractivity contribution in [2.75, 3.05) is 6.61 Å². The van der Waals surface area contributed by atoms with E-state index in [1.165, 1.54) is 21.8 Å². The summed E-state index contributed by atoms with van der Waals surface area (Å²) in [5, 5.41) is 2.58. The first-order valence-corrected chi connectivity index (χ1v) is 7.60. The number of ether oxygens (including phenoxy) is 2. The van der Waals surface area contributed by atoms with E-state index in [9.17, 15) is 0 Å². The Hall–Kier alpha value is -1.84. The number of benzene rings is 2. The molecule has 3 heteroatoms. The van der Waals surface area contributed by atoms with Crippen LogP contribution in [0.15, 0.2) is 48.5 Å². The molecule has 1 saturated heterocycles. The van der Waals surface area contributed by atoms with Gasteiger partial charge in [-0.05, 0) is 18.6 Å². The van der Waals surface area contributed by atoms with Crippen molar-refractivity contribution in [1.82, 2.24) is 4.57 Å². The normalized spacial score (nSPS) is 22.3. The molecule has 0 amide bonds. The van der Waals surface area contributed by atoms with Gasteiger partial charge in [-0.15, -0.1) is 0 Å². The molecule has 108 valence electrons. The van der Waals surface area contributed by atoms with E-state index in [0.29, 0.717) is 6.61 Å². The molecule has 1 aliphatic rings. The molecule has 0 bridgehead atoms. The van der Waals surface area contributed by atoms with Gasteiger partial charge in [0.05, 0.1) is 19.3 Å². The molecule has 1 aromatic heterocycles. The van der Waals surface area contributed by atoms with Gasteiger partial charge in [0.2, 0.25) is 0 Å². The first kappa shape index (κ1) is 12.9. The Bertz CT molecular complexity index is 724. The van der Waals surface area contributed by atoms with Crippen molar-refractivity contribution in [3.63, 3.8) is 0 Å². The lowest BCUT2D eigenvalue weighted by Gasteiger charge is -2.13.